The summed E-state index contributed by atoms with van der Waals surface area (Å²) in [6.45, 7) is 2.72. The van der Waals surface area contributed by atoms with E-state index in [-0.39, 0.29) is 18.2 Å². The highest BCUT2D eigenvalue weighted by molar-refractivity contribution is 7.15. The number of nitrogens with one attached hydrogen (secondary N) is 1. The lowest BCUT2D eigenvalue weighted by molar-refractivity contribution is -0.126. The van der Waals surface area contributed by atoms with Crippen LogP contribution < -0.4 is 10.2 Å². The predicted molar refractivity (Wildman–Crippen MR) is 99.2 cm³/mol. The zero-order valence-electron chi connectivity index (χ0n) is 14.8. The van der Waals surface area contributed by atoms with Crippen LogP contribution in [-0.4, -0.2) is 42.9 Å². The summed E-state index contributed by atoms with van der Waals surface area (Å²) in [7, 11) is 0. The Hall–Kier alpha value is -2.88. The lowest BCUT2D eigenvalue weighted by Gasteiger charge is -2.12. The molecule has 1 aliphatic heterocycles. The lowest BCUT2D eigenvalue weighted by Crippen LogP contribution is -2.32. The van der Waals surface area contributed by atoms with E-state index in [1.54, 1.807) is 23.5 Å². The number of anilines is 1. The fraction of sp³-hybridized carbons (Fsp3) is 0.412. The van der Waals surface area contributed by atoms with Crippen LogP contribution in [0.3, 0.4) is 0 Å². The van der Waals surface area contributed by atoms with Gasteiger partial charge in [-0.1, -0.05) is 18.3 Å². The molecule has 1 aliphatic rings. The van der Waals surface area contributed by atoms with Gasteiger partial charge in [0.25, 0.3) is 0 Å². The Balaban J connectivity index is 1.37. The van der Waals surface area contributed by atoms with E-state index in [0.717, 1.165) is 29.2 Å². The van der Waals surface area contributed by atoms with Gasteiger partial charge in [0.05, 0.1) is 24.4 Å². The maximum Gasteiger partial charge on any atom is 0.229 e. The van der Waals surface area contributed by atoms with Gasteiger partial charge in [-0.2, -0.15) is 0 Å². The Labute approximate surface area is 159 Å². The second kappa shape index (κ2) is 7.39. The van der Waals surface area contributed by atoms with Crippen molar-refractivity contribution in [3.05, 3.63) is 35.5 Å². The summed E-state index contributed by atoms with van der Waals surface area (Å²) in [5.41, 5.74) is 1.47. The molecule has 0 saturated carbocycles. The molecule has 1 atom stereocenters. The van der Waals surface area contributed by atoms with Crippen LogP contribution in [0.2, 0.25) is 0 Å². The summed E-state index contributed by atoms with van der Waals surface area (Å²) in [6.07, 6.45) is 8.99. The zero-order chi connectivity index (χ0) is 18.8. The van der Waals surface area contributed by atoms with E-state index >= 15 is 0 Å². The van der Waals surface area contributed by atoms with E-state index in [1.807, 2.05) is 10.6 Å². The number of hydrogen-bond donors (Lipinski definition) is 1. The number of aromatic nitrogens is 5. The maximum absolute atomic E-state index is 12.5. The van der Waals surface area contributed by atoms with Crippen molar-refractivity contribution >= 4 is 33.9 Å². The summed E-state index contributed by atoms with van der Waals surface area (Å²) in [5, 5.41) is 12.6. The molecule has 1 unspecified atom stereocenters. The minimum atomic E-state index is -0.394. The molecule has 2 amide bonds. The number of carbonyl (C=O) groups excluding carboxylic acids is 2. The molecule has 0 aromatic carbocycles. The van der Waals surface area contributed by atoms with Crippen LogP contribution in [0.4, 0.5) is 5.13 Å². The van der Waals surface area contributed by atoms with Crippen molar-refractivity contribution in [1.29, 1.82) is 0 Å². The summed E-state index contributed by atoms with van der Waals surface area (Å²) in [4.78, 5) is 34.8. The van der Waals surface area contributed by atoms with Crippen molar-refractivity contribution in [2.75, 3.05) is 11.4 Å². The molecule has 140 valence electrons. The molecule has 1 N–H and O–H groups in total. The van der Waals surface area contributed by atoms with Crippen LogP contribution in [0.25, 0.3) is 5.65 Å². The van der Waals surface area contributed by atoms with Crippen molar-refractivity contribution in [3.63, 3.8) is 0 Å². The molecule has 1 fully saturated rings. The molecule has 0 aliphatic carbocycles. The minimum Gasteiger partial charge on any atom is -0.350 e. The van der Waals surface area contributed by atoms with Crippen LogP contribution in [0.5, 0.6) is 0 Å². The van der Waals surface area contributed by atoms with Gasteiger partial charge in [0, 0.05) is 38.0 Å². The quantitative estimate of drug-likeness (QED) is 0.684. The lowest BCUT2D eigenvalue weighted by atomic mass is 10.1. The highest BCUT2D eigenvalue weighted by atomic mass is 32.1. The van der Waals surface area contributed by atoms with Crippen LogP contribution in [0.15, 0.2) is 24.8 Å². The normalized spacial score (nSPS) is 17.0. The second-order valence-electron chi connectivity index (χ2n) is 6.43. The number of rotatable bonds is 6. The maximum atomic E-state index is 12.5. The van der Waals surface area contributed by atoms with Gasteiger partial charge < -0.3 is 9.72 Å². The molecule has 4 rings (SSSR count). The Bertz CT molecular complexity index is 949. The first kappa shape index (κ1) is 17.5. The van der Waals surface area contributed by atoms with Gasteiger partial charge >= 0.3 is 0 Å². The summed E-state index contributed by atoms with van der Waals surface area (Å²) in [5.74, 6) is -0.637. The number of imidazole rings is 1. The highest BCUT2D eigenvalue weighted by Crippen LogP contribution is 2.28. The molecule has 3 aromatic heterocycles. The number of aryl methyl sites for hydroxylation is 1. The van der Waals surface area contributed by atoms with Crippen molar-refractivity contribution in [2.24, 2.45) is 5.92 Å². The number of hydrogen-bond acceptors (Lipinski definition) is 7. The monoisotopic (exact) mass is 385 g/mol. The van der Waals surface area contributed by atoms with E-state index in [1.165, 1.54) is 11.3 Å². The standard InChI is InChI=1S/C17H19N7O2S/c1-2-3-14-21-22-17(27-14)24-9-11(6-15(24)25)16(26)19-7-12-10-23-5-4-18-8-13(23)20-12/h4-5,8,10-11H,2-3,6-7,9H2,1H3,(H,19,26). The summed E-state index contributed by atoms with van der Waals surface area (Å²) in [6, 6.07) is 0. The van der Waals surface area contributed by atoms with Gasteiger partial charge in [-0.15, -0.1) is 10.2 Å². The highest BCUT2D eigenvalue weighted by Gasteiger charge is 2.36. The molecular formula is C17H19N7O2S. The molecule has 10 heteroatoms. The molecule has 0 spiro atoms. The third-order valence-corrected chi connectivity index (χ3v) is 5.41. The predicted octanol–water partition coefficient (Wildman–Crippen LogP) is 1.20. The van der Waals surface area contributed by atoms with Crippen molar-refractivity contribution < 1.29 is 9.59 Å². The van der Waals surface area contributed by atoms with Crippen LogP contribution in [0, 0.1) is 5.92 Å². The average molecular weight is 385 g/mol. The number of fused-ring (bicyclic) bond motifs is 1. The van der Waals surface area contributed by atoms with Gasteiger partial charge in [-0.3, -0.25) is 19.5 Å². The molecule has 4 heterocycles. The van der Waals surface area contributed by atoms with E-state index in [4.69, 9.17) is 0 Å². The van der Waals surface area contributed by atoms with Crippen molar-refractivity contribution in [3.8, 4) is 0 Å². The molecule has 1 saturated heterocycles. The molecule has 27 heavy (non-hydrogen) atoms. The van der Waals surface area contributed by atoms with Gasteiger partial charge in [-0.05, 0) is 6.42 Å². The molecule has 3 aromatic rings. The minimum absolute atomic E-state index is 0.0897. The number of amides is 2. The van der Waals surface area contributed by atoms with Crippen molar-refractivity contribution in [1.82, 2.24) is 29.9 Å². The Kier molecular flexibility index (Phi) is 4.80. The SMILES string of the molecule is CCCc1nnc(N2CC(C(=O)NCc3cn4ccncc4n3)CC2=O)s1. The fourth-order valence-electron chi connectivity index (χ4n) is 3.04. The molecule has 0 radical (unpaired) electrons. The number of nitrogens with zero attached hydrogens (tertiary/aromatic N) is 6. The summed E-state index contributed by atoms with van der Waals surface area (Å²) >= 11 is 1.42. The van der Waals surface area contributed by atoms with Crippen LogP contribution in [0.1, 0.15) is 30.5 Å². The van der Waals surface area contributed by atoms with Gasteiger partial charge in [0.1, 0.15) is 5.01 Å². The Morgan fingerprint density at radius 2 is 2.30 bits per heavy atom. The van der Waals surface area contributed by atoms with E-state index in [0.29, 0.717) is 18.2 Å². The Morgan fingerprint density at radius 3 is 3.11 bits per heavy atom. The third kappa shape index (κ3) is 3.65. The zero-order valence-corrected chi connectivity index (χ0v) is 15.6. The molecular weight excluding hydrogens is 366 g/mol. The average Bonchev–Trinajstić information content (AvgIpc) is 3.37. The van der Waals surface area contributed by atoms with E-state index in [9.17, 15) is 9.59 Å². The van der Waals surface area contributed by atoms with Crippen LogP contribution in [-0.2, 0) is 22.6 Å². The topological polar surface area (TPSA) is 105 Å². The van der Waals surface area contributed by atoms with Crippen LogP contribution >= 0.6 is 11.3 Å². The third-order valence-electron chi connectivity index (χ3n) is 4.40. The van der Waals surface area contributed by atoms with Crippen molar-refractivity contribution in [2.45, 2.75) is 32.7 Å². The first-order valence-corrected chi connectivity index (χ1v) is 9.63. The molecule has 9 nitrogen and oxygen atoms in total. The fourth-order valence-corrected chi connectivity index (χ4v) is 4.01. The number of carbonyl (C=O) groups is 2. The first-order chi connectivity index (χ1) is 13.1. The second-order valence-corrected chi connectivity index (χ2v) is 7.47. The first-order valence-electron chi connectivity index (χ1n) is 8.82. The largest absolute Gasteiger partial charge is 0.350 e. The van der Waals surface area contributed by atoms with Gasteiger partial charge in [0.2, 0.25) is 16.9 Å². The van der Waals surface area contributed by atoms with Gasteiger partial charge in [0.15, 0.2) is 5.65 Å². The van der Waals surface area contributed by atoms with E-state index in [2.05, 4.69) is 32.4 Å². The molecule has 0 bridgehead atoms. The van der Waals surface area contributed by atoms with E-state index < -0.39 is 5.92 Å². The Morgan fingerprint density at radius 1 is 1.41 bits per heavy atom. The smallest absolute Gasteiger partial charge is 0.229 e. The summed E-state index contributed by atoms with van der Waals surface area (Å²) < 4.78 is 1.85. The van der Waals surface area contributed by atoms with Gasteiger partial charge in [-0.25, -0.2) is 4.98 Å².